The van der Waals surface area contributed by atoms with Crippen LogP contribution in [0.5, 0.6) is 11.6 Å². The highest BCUT2D eigenvalue weighted by Crippen LogP contribution is 2.31. The lowest BCUT2D eigenvalue weighted by molar-refractivity contribution is -0.114. The minimum atomic E-state index is -0.573. The predicted octanol–water partition coefficient (Wildman–Crippen LogP) is 2.85. The van der Waals surface area contributed by atoms with Crippen molar-refractivity contribution in [2.45, 2.75) is 19.3 Å². The predicted molar refractivity (Wildman–Crippen MR) is 121 cm³/mol. The van der Waals surface area contributed by atoms with E-state index in [0.717, 1.165) is 30.5 Å². The fraction of sp³-hybridized carbons (Fsp3) is 0.348. The van der Waals surface area contributed by atoms with Gasteiger partial charge in [0.25, 0.3) is 0 Å². The summed E-state index contributed by atoms with van der Waals surface area (Å²) < 4.78 is 22.9. The number of anilines is 2. The van der Waals surface area contributed by atoms with E-state index in [-0.39, 0.29) is 19.1 Å². The molecule has 0 atom stereocenters. The molecule has 0 saturated heterocycles. The number of fused-ring (bicyclic) bond motifs is 1. The first-order valence-electron chi connectivity index (χ1n) is 10.6. The van der Waals surface area contributed by atoms with Gasteiger partial charge in [0.05, 0.1) is 25.5 Å². The molecule has 3 aromatic rings. The number of aromatic nitrogens is 4. The average Bonchev–Trinajstić information content (AvgIpc) is 3.31. The third-order valence-electron chi connectivity index (χ3n) is 5.19. The Morgan fingerprint density at radius 2 is 2.09 bits per heavy atom. The third-order valence-corrected chi connectivity index (χ3v) is 5.19. The zero-order valence-corrected chi connectivity index (χ0v) is 18.5. The molecule has 1 aliphatic rings. The van der Waals surface area contributed by atoms with Crippen molar-refractivity contribution in [2.24, 2.45) is 0 Å². The normalized spacial score (nSPS) is 12.2. The number of carbonyl (C=O) groups is 1. The van der Waals surface area contributed by atoms with Crippen molar-refractivity contribution in [2.75, 3.05) is 44.2 Å². The van der Waals surface area contributed by atoms with E-state index in [9.17, 15) is 9.18 Å². The Morgan fingerprint density at radius 1 is 1.21 bits per heavy atom. The molecule has 1 aliphatic carbocycles. The number of halogens is 1. The summed E-state index contributed by atoms with van der Waals surface area (Å²) in [5.74, 6) is 1.93. The molecule has 0 fully saturated rings. The number of rotatable bonds is 9. The van der Waals surface area contributed by atoms with Crippen LogP contribution < -0.4 is 19.7 Å². The van der Waals surface area contributed by atoms with E-state index in [1.165, 1.54) is 7.11 Å². The van der Waals surface area contributed by atoms with Crippen molar-refractivity contribution in [3.8, 4) is 23.1 Å². The van der Waals surface area contributed by atoms with Crippen molar-refractivity contribution in [3.05, 3.63) is 47.9 Å². The van der Waals surface area contributed by atoms with E-state index in [4.69, 9.17) is 19.4 Å². The Hall–Kier alpha value is -3.82. The number of likely N-dealkylation sites (N-methyl/N-ethyl adjacent to an activating group) is 1. The summed E-state index contributed by atoms with van der Waals surface area (Å²) in [4.78, 5) is 32.3. The van der Waals surface area contributed by atoms with Crippen molar-refractivity contribution < 1.29 is 18.7 Å². The second kappa shape index (κ2) is 10.2. The van der Waals surface area contributed by atoms with Gasteiger partial charge >= 0.3 is 0 Å². The lowest BCUT2D eigenvalue weighted by Crippen LogP contribution is -2.31. The zero-order chi connectivity index (χ0) is 23.2. The first-order valence-corrected chi connectivity index (χ1v) is 10.6. The summed E-state index contributed by atoms with van der Waals surface area (Å²) in [5, 5.41) is 2.83. The maximum atomic E-state index is 12.6. The van der Waals surface area contributed by atoms with Gasteiger partial charge in [-0.2, -0.15) is 0 Å². The van der Waals surface area contributed by atoms with Gasteiger partial charge in [0.1, 0.15) is 30.5 Å². The van der Waals surface area contributed by atoms with Gasteiger partial charge in [-0.1, -0.05) is 0 Å². The van der Waals surface area contributed by atoms with E-state index >= 15 is 0 Å². The van der Waals surface area contributed by atoms with E-state index in [2.05, 4.69) is 15.3 Å². The van der Waals surface area contributed by atoms with Crippen LogP contribution in [0.2, 0.25) is 0 Å². The Kier molecular flexibility index (Phi) is 6.92. The molecule has 0 spiro atoms. The van der Waals surface area contributed by atoms with Gasteiger partial charge in [-0.05, 0) is 31.4 Å². The molecule has 0 bridgehead atoms. The number of carbonyl (C=O) groups excluding carboxylic acids is 1. The molecule has 172 valence electrons. The minimum absolute atomic E-state index is 0.0265. The summed E-state index contributed by atoms with van der Waals surface area (Å²) >= 11 is 0. The number of amides is 1. The number of nitrogens with one attached hydrogen (secondary N) is 1. The fourth-order valence-electron chi connectivity index (χ4n) is 3.69. The van der Waals surface area contributed by atoms with E-state index in [1.54, 1.807) is 36.7 Å². The molecule has 9 nitrogen and oxygen atoms in total. The van der Waals surface area contributed by atoms with Gasteiger partial charge in [-0.15, -0.1) is 0 Å². The first kappa shape index (κ1) is 22.4. The summed E-state index contributed by atoms with van der Waals surface area (Å²) in [6, 6.07) is 6.77. The topological polar surface area (TPSA) is 102 Å². The Bertz CT molecular complexity index is 1130. The summed E-state index contributed by atoms with van der Waals surface area (Å²) in [6.45, 7) is -0.500. The van der Waals surface area contributed by atoms with Crippen LogP contribution in [0.3, 0.4) is 0 Å². The Balaban J connectivity index is 1.54. The van der Waals surface area contributed by atoms with Crippen LogP contribution in [0.15, 0.2) is 36.7 Å². The van der Waals surface area contributed by atoms with E-state index in [1.807, 2.05) is 11.9 Å². The zero-order valence-electron chi connectivity index (χ0n) is 18.5. The maximum absolute atomic E-state index is 12.6. The molecule has 0 aliphatic heterocycles. The first-order chi connectivity index (χ1) is 16.1. The van der Waals surface area contributed by atoms with Crippen molar-refractivity contribution in [1.29, 1.82) is 0 Å². The molecule has 0 saturated carbocycles. The molecule has 3 heterocycles. The third kappa shape index (κ3) is 5.33. The SMILES string of the molecule is COc1ccc(NC(=O)CN(C)c2nc(-c3cc(OCCF)ccn3)nc3c2CCC3)cn1. The van der Waals surface area contributed by atoms with Gasteiger partial charge in [-0.25, -0.2) is 19.3 Å². The molecule has 3 aromatic heterocycles. The van der Waals surface area contributed by atoms with Gasteiger partial charge in [0.15, 0.2) is 5.82 Å². The standard InChI is InChI=1S/C23H25FN6O3/c1-30(14-20(31)27-15-6-7-21(32-2)26-13-15)23-17-4-3-5-18(17)28-22(29-23)19-12-16(8-10-25-19)33-11-9-24/h6-8,10,12-13H,3-5,9,11,14H2,1-2H3,(H,27,31). The smallest absolute Gasteiger partial charge is 0.243 e. The van der Waals surface area contributed by atoms with Crippen LogP contribution >= 0.6 is 0 Å². The lowest BCUT2D eigenvalue weighted by atomic mass is 10.2. The number of alkyl halides is 1. The van der Waals surface area contributed by atoms with Crippen LogP contribution in [-0.2, 0) is 17.6 Å². The van der Waals surface area contributed by atoms with Gasteiger partial charge in [-0.3, -0.25) is 9.78 Å². The summed E-state index contributed by atoms with van der Waals surface area (Å²) in [6.07, 6.45) is 5.80. The van der Waals surface area contributed by atoms with Crippen molar-refractivity contribution in [1.82, 2.24) is 19.9 Å². The highest BCUT2D eigenvalue weighted by molar-refractivity contribution is 5.93. The number of pyridine rings is 2. The highest BCUT2D eigenvalue weighted by Gasteiger charge is 2.23. The fourth-order valence-corrected chi connectivity index (χ4v) is 3.69. The number of methoxy groups -OCH3 is 1. The monoisotopic (exact) mass is 452 g/mol. The van der Waals surface area contributed by atoms with Crippen LogP contribution in [0.1, 0.15) is 17.7 Å². The molecular weight excluding hydrogens is 427 g/mol. The second-order valence-electron chi connectivity index (χ2n) is 7.56. The molecule has 0 radical (unpaired) electrons. The maximum Gasteiger partial charge on any atom is 0.243 e. The molecule has 10 heteroatoms. The van der Waals surface area contributed by atoms with Gasteiger partial charge in [0, 0.05) is 36.6 Å². The molecular formula is C23H25FN6O3. The van der Waals surface area contributed by atoms with Crippen LogP contribution in [0.4, 0.5) is 15.9 Å². The quantitative estimate of drug-likeness (QED) is 0.529. The Morgan fingerprint density at radius 3 is 2.85 bits per heavy atom. The number of hydrogen-bond acceptors (Lipinski definition) is 8. The van der Waals surface area contributed by atoms with E-state index < -0.39 is 6.67 Å². The van der Waals surface area contributed by atoms with Crippen LogP contribution in [0, 0.1) is 0 Å². The van der Waals surface area contributed by atoms with E-state index in [0.29, 0.717) is 34.7 Å². The average molecular weight is 452 g/mol. The number of ether oxygens (including phenoxy) is 2. The second-order valence-corrected chi connectivity index (χ2v) is 7.56. The van der Waals surface area contributed by atoms with Crippen LogP contribution in [0.25, 0.3) is 11.5 Å². The Labute approximate surface area is 191 Å². The molecule has 0 aromatic carbocycles. The highest BCUT2D eigenvalue weighted by atomic mass is 19.1. The number of aryl methyl sites for hydroxylation is 1. The van der Waals surface area contributed by atoms with Crippen molar-refractivity contribution in [3.63, 3.8) is 0 Å². The van der Waals surface area contributed by atoms with Gasteiger partial charge in [0.2, 0.25) is 11.8 Å². The molecule has 33 heavy (non-hydrogen) atoms. The molecule has 1 amide bonds. The largest absolute Gasteiger partial charge is 0.491 e. The van der Waals surface area contributed by atoms with Gasteiger partial charge < -0.3 is 19.7 Å². The number of nitrogens with zero attached hydrogens (tertiary/aromatic N) is 5. The molecule has 1 N–H and O–H groups in total. The van der Waals surface area contributed by atoms with Crippen LogP contribution in [-0.4, -0.2) is 59.8 Å². The molecule has 4 rings (SSSR count). The summed E-state index contributed by atoms with van der Waals surface area (Å²) in [5.41, 5.74) is 3.12. The summed E-state index contributed by atoms with van der Waals surface area (Å²) in [7, 11) is 3.36. The number of hydrogen-bond donors (Lipinski definition) is 1. The molecule has 0 unspecified atom stereocenters. The minimum Gasteiger partial charge on any atom is -0.491 e. The van der Waals surface area contributed by atoms with Crippen molar-refractivity contribution >= 4 is 17.4 Å². The lowest BCUT2D eigenvalue weighted by Gasteiger charge is -2.21.